The van der Waals surface area contributed by atoms with Crippen LogP contribution in [-0.2, 0) is 10.8 Å². The van der Waals surface area contributed by atoms with Crippen LogP contribution in [0.5, 0.6) is 0 Å². The van der Waals surface area contributed by atoms with Crippen molar-refractivity contribution in [1.29, 1.82) is 0 Å². The number of carbonyl (C=O) groups is 1. The van der Waals surface area contributed by atoms with Crippen LogP contribution >= 0.6 is 11.3 Å². The molecule has 0 bridgehead atoms. The van der Waals surface area contributed by atoms with E-state index < -0.39 is 22.5 Å². The first-order valence-electron chi connectivity index (χ1n) is 9.30. The molecule has 9 heteroatoms. The smallest absolute Gasteiger partial charge is 0.259 e. The van der Waals surface area contributed by atoms with Gasteiger partial charge in [-0.2, -0.15) is 0 Å². The summed E-state index contributed by atoms with van der Waals surface area (Å²) >= 11 is 1.51. The highest BCUT2D eigenvalue weighted by atomic mass is 32.2. The molecule has 0 aliphatic heterocycles. The van der Waals surface area contributed by atoms with Crippen LogP contribution in [0.2, 0.25) is 0 Å². The summed E-state index contributed by atoms with van der Waals surface area (Å²) in [5.41, 5.74) is 2.33. The summed E-state index contributed by atoms with van der Waals surface area (Å²) < 4.78 is 31.2. The lowest BCUT2D eigenvalue weighted by Gasteiger charge is -2.09. The Morgan fingerprint density at radius 2 is 2.13 bits per heavy atom. The van der Waals surface area contributed by atoms with Crippen LogP contribution in [0.3, 0.4) is 0 Å². The third-order valence-electron chi connectivity index (χ3n) is 4.95. The molecule has 1 unspecified atom stereocenters. The minimum absolute atomic E-state index is 0.0920. The maximum Gasteiger partial charge on any atom is 0.259 e. The highest BCUT2D eigenvalue weighted by Crippen LogP contribution is 2.43. The van der Waals surface area contributed by atoms with Crippen LogP contribution in [0.15, 0.2) is 51.2 Å². The van der Waals surface area contributed by atoms with Crippen molar-refractivity contribution in [3.05, 3.63) is 58.9 Å². The number of aromatic nitrogens is 2. The van der Waals surface area contributed by atoms with Gasteiger partial charge in [-0.05, 0) is 48.6 Å². The first-order chi connectivity index (χ1) is 14.5. The van der Waals surface area contributed by atoms with Crippen LogP contribution in [0.25, 0.3) is 21.7 Å². The van der Waals surface area contributed by atoms with Gasteiger partial charge in [0.1, 0.15) is 5.82 Å². The molecule has 3 heterocycles. The molecule has 0 saturated heterocycles. The zero-order chi connectivity index (χ0) is 20.8. The highest BCUT2D eigenvalue weighted by Gasteiger charge is 2.32. The predicted octanol–water partition coefficient (Wildman–Crippen LogP) is 4.96. The molecule has 1 aromatic carbocycles. The molecule has 1 aliphatic rings. The lowest BCUT2D eigenvalue weighted by atomic mass is 10.1. The van der Waals surface area contributed by atoms with Gasteiger partial charge in [-0.25, -0.2) is 9.37 Å². The fourth-order valence-electron chi connectivity index (χ4n) is 3.35. The van der Waals surface area contributed by atoms with Gasteiger partial charge < -0.3 is 9.84 Å². The van der Waals surface area contributed by atoms with Crippen molar-refractivity contribution in [3.8, 4) is 10.6 Å². The number of carbonyl (C=O) groups excluding carboxylic acids is 1. The highest BCUT2D eigenvalue weighted by molar-refractivity contribution is 7.84. The summed E-state index contributed by atoms with van der Waals surface area (Å²) in [6.45, 7) is 0. The van der Waals surface area contributed by atoms with E-state index in [0.29, 0.717) is 22.4 Å². The molecule has 30 heavy (non-hydrogen) atoms. The van der Waals surface area contributed by atoms with Crippen LogP contribution in [0.4, 0.5) is 10.1 Å². The summed E-state index contributed by atoms with van der Waals surface area (Å²) in [6.07, 6.45) is 3.40. The van der Waals surface area contributed by atoms with E-state index in [1.54, 1.807) is 6.07 Å². The molecular weight excluding hydrogens is 425 g/mol. The number of nitrogens with one attached hydrogen (secondary N) is 1. The summed E-state index contributed by atoms with van der Waals surface area (Å²) in [6, 6.07) is 9.66. The number of nitrogens with zero attached hydrogens (tertiary/aromatic N) is 2. The number of rotatable bonds is 5. The molecule has 6 nitrogen and oxygen atoms in total. The van der Waals surface area contributed by atoms with Crippen molar-refractivity contribution in [2.45, 2.75) is 23.7 Å². The zero-order valence-corrected chi connectivity index (χ0v) is 17.5. The molecule has 0 radical (unpaired) electrons. The van der Waals surface area contributed by atoms with E-state index in [1.165, 1.54) is 35.8 Å². The fraction of sp³-hybridized carbons (Fsp3) is 0.190. The minimum atomic E-state index is -1.45. The molecule has 152 valence electrons. The van der Waals surface area contributed by atoms with Gasteiger partial charge in [0.25, 0.3) is 11.6 Å². The standard InChI is InChI=1S/C21H16FN3O3S2/c1-30(27)17-7-6-12(9-14(17)22)23-20(26)13-10-15(16-3-2-8-29-16)24-21-18(13)19(25-28-21)11-4-5-11/h2-3,6-11H,4-5H2,1H3,(H,23,26). The Balaban J connectivity index is 1.58. The van der Waals surface area contributed by atoms with Gasteiger partial charge in [-0.3, -0.25) is 9.00 Å². The van der Waals surface area contributed by atoms with Crippen LogP contribution < -0.4 is 5.32 Å². The molecule has 4 aromatic rings. The monoisotopic (exact) mass is 441 g/mol. The lowest BCUT2D eigenvalue weighted by molar-refractivity contribution is 0.102. The van der Waals surface area contributed by atoms with Gasteiger partial charge in [0.2, 0.25) is 0 Å². The van der Waals surface area contributed by atoms with Crippen molar-refractivity contribution in [1.82, 2.24) is 10.1 Å². The first kappa shape index (κ1) is 19.1. The van der Waals surface area contributed by atoms with Gasteiger partial charge in [-0.1, -0.05) is 11.2 Å². The number of pyridine rings is 1. The number of hydrogen-bond acceptors (Lipinski definition) is 6. The van der Waals surface area contributed by atoms with Crippen LogP contribution in [0, 0.1) is 5.82 Å². The van der Waals surface area contributed by atoms with E-state index in [1.807, 2.05) is 17.5 Å². The molecule has 1 aliphatic carbocycles. The van der Waals surface area contributed by atoms with Gasteiger partial charge in [0.15, 0.2) is 0 Å². The van der Waals surface area contributed by atoms with Crippen LogP contribution in [-0.4, -0.2) is 26.5 Å². The predicted molar refractivity (Wildman–Crippen MR) is 114 cm³/mol. The number of thiophene rings is 1. The van der Waals surface area contributed by atoms with Crippen molar-refractivity contribution < 1.29 is 17.9 Å². The largest absolute Gasteiger partial charge is 0.335 e. The molecular formula is C21H16FN3O3S2. The van der Waals surface area contributed by atoms with Crippen molar-refractivity contribution in [2.75, 3.05) is 11.6 Å². The average molecular weight is 442 g/mol. The van der Waals surface area contributed by atoms with Gasteiger partial charge in [-0.15, -0.1) is 11.3 Å². The van der Waals surface area contributed by atoms with Crippen LogP contribution in [0.1, 0.15) is 34.8 Å². The van der Waals surface area contributed by atoms with E-state index >= 15 is 0 Å². The van der Waals surface area contributed by atoms with Gasteiger partial charge in [0, 0.05) is 17.9 Å². The Hall–Kier alpha value is -2.91. The summed E-state index contributed by atoms with van der Waals surface area (Å²) in [5.74, 6) is -0.769. The normalized spacial score (nSPS) is 14.7. The summed E-state index contributed by atoms with van der Waals surface area (Å²) in [7, 11) is -1.45. The van der Waals surface area contributed by atoms with Gasteiger partial charge in [0.05, 0.1) is 42.9 Å². The molecule has 1 atom stereocenters. The molecule has 1 amide bonds. The molecule has 3 aromatic heterocycles. The maximum atomic E-state index is 14.2. The quantitative estimate of drug-likeness (QED) is 0.473. The second-order valence-electron chi connectivity index (χ2n) is 7.11. The number of benzene rings is 1. The van der Waals surface area contributed by atoms with Crippen molar-refractivity contribution in [2.24, 2.45) is 0 Å². The SMILES string of the molecule is CS(=O)c1ccc(NC(=O)c2cc(-c3cccs3)nc3onc(C4CC4)c23)cc1F. The number of fused-ring (bicyclic) bond motifs is 1. The Kier molecular flexibility index (Phi) is 4.71. The number of amides is 1. The Morgan fingerprint density at radius 1 is 1.30 bits per heavy atom. The lowest BCUT2D eigenvalue weighted by Crippen LogP contribution is -2.13. The van der Waals surface area contributed by atoms with Crippen molar-refractivity contribution >= 4 is 44.8 Å². The molecule has 5 rings (SSSR count). The zero-order valence-electron chi connectivity index (χ0n) is 15.8. The number of hydrogen-bond donors (Lipinski definition) is 1. The minimum Gasteiger partial charge on any atom is -0.335 e. The van der Waals surface area contributed by atoms with E-state index in [4.69, 9.17) is 4.52 Å². The Labute approximate surface area is 177 Å². The van der Waals surface area contributed by atoms with E-state index in [-0.39, 0.29) is 16.5 Å². The maximum absolute atomic E-state index is 14.2. The molecule has 1 N–H and O–H groups in total. The molecule has 1 saturated carbocycles. The van der Waals surface area contributed by atoms with E-state index in [9.17, 15) is 13.4 Å². The third kappa shape index (κ3) is 3.44. The first-order valence-corrected chi connectivity index (χ1v) is 11.7. The molecule has 0 spiro atoms. The van der Waals surface area contributed by atoms with Gasteiger partial charge >= 0.3 is 0 Å². The molecule has 1 fully saturated rings. The number of halogens is 1. The average Bonchev–Trinajstić information content (AvgIpc) is 3.24. The Bertz CT molecular complexity index is 1300. The third-order valence-corrected chi connectivity index (χ3v) is 6.80. The van der Waals surface area contributed by atoms with E-state index in [2.05, 4.69) is 15.5 Å². The topological polar surface area (TPSA) is 85.1 Å². The Morgan fingerprint density at radius 3 is 2.80 bits per heavy atom. The second-order valence-corrected chi connectivity index (χ2v) is 9.40. The second kappa shape index (κ2) is 7.41. The summed E-state index contributed by atoms with van der Waals surface area (Å²) in [5, 5.41) is 9.43. The fourth-order valence-corrected chi connectivity index (χ4v) is 4.63. The van der Waals surface area contributed by atoms with E-state index in [0.717, 1.165) is 23.4 Å². The number of anilines is 1. The summed E-state index contributed by atoms with van der Waals surface area (Å²) in [4.78, 5) is 18.7. The van der Waals surface area contributed by atoms with Crippen molar-refractivity contribution in [3.63, 3.8) is 0 Å².